The summed E-state index contributed by atoms with van der Waals surface area (Å²) in [5.74, 6) is 0. The van der Waals surface area contributed by atoms with Gasteiger partial charge in [0, 0.05) is 24.7 Å². The van der Waals surface area contributed by atoms with Crippen LogP contribution in [0, 0.1) is 11.3 Å². The predicted octanol–water partition coefficient (Wildman–Crippen LogP) is 4.24. The maximum atomic E-state index is 12.5. The Kier molecular flexibility index (Phi) is 7.01. The Morgan fingerprint density at radius 2 is 1.76 bits per heavy atom. The molecule has 0 fully saturated rings. The number of amides is 1. The molecule has 1 atom stereocenters. The minimum absolute atomic E-state index is 0.133. The van der Waals surface area contributed by atoms with Gasteiger partial charge in [0.25, 0.3) is 0 Å². The van der Waals surface area contributed by atoms with Crippen LogP contribution in [0.25, 0.3) is 0 Å². The van der Waals surface area contributed by atoms with Crippen LogP contribution in [0.4, 0.5) is 4.79 Å². The molecule has 0 aliphatic carbocycles. The van der Waals surface area contributed by atoms with E-state index in [0.717, 1.165) is 5.56 Å². The molecule has 1 N–H and O–H groups in total. The van der Waals surface area contributed by atoms with Gasteiger partial charge >= 0.3 is 6.09 Å². The van der Waals surface area contributed by atoms with E-state index in [1.165, 1.54) is 0 Å². The summed E-state index contributed by atoms with van der Waals surface area (Å²) in [6.45, 7) is 14.9. The van der Waals surface area contributed by atoms with Crippen LogP contribution in [0.1, 0.15) is 65.6 Å². The summed E-state index contributed by atoms with van der Waals surface area (Å²) in [7, 11) is 0. The van der Waals surface area contributed by atoms with E-state index in [1.54, 1.807) is 4.90 Å². The maximum Gasteiger partial charge on any atom is 0.410 e. The average molecular weight is 345 g/mol. The number of nitriles is 1. The molecule has 5 heteroatoms. The van der Waals surface area contributed by atoms with E-state index in [1.807, 2.05) is 65.8 Å². The summed E-state index contributed by atoms with van der Waals surface area (Å²) in [6, 6.07) is 9.78. The zero-order valence-corrected chi connectivity index (χ0v) is 16.5. The first kappa shape index (κ1) is 21.0. The molecule has 0 saturated carbocycles. The van der Waals surface area contributed by atoms with Crippen molar-refractivity contribution >= 4 is 6.09 Å². The number of nitrogens with zero attached hydrogens (tertiary/aromatic N) is 2. The van der Waals surface area contributed by atoms with Gasteiger partial charge in [-0.3, -0.25) is 0 Å². The lowest BCUT2D eigenvalue weighted by atomic mass is 10.1. The van der Waals surface area contributed by atoms with Crippen molar-refractivity contribution in [3.8, 4) is 6.07 Å². The second-order valence-electron chi connectivity index (χ2n) is 8.21. The van der Waals surface area contributed by atoms with Crippen molar-refractivity contribution < 1.29 is 9.53 Å². The number of benzene rings is 1. The van der Waals surface area contributed by atoms with Gasteiger partial charge < -0.3 is 15.0 Å². The minimum atomic E-state index is -0.510. The van der Waals surface area contributed by atoms with Crippen LogP contribution in [-0.2, 0) is 4.74 Å². The molecule has 0 aromatic heterocycles. The van der Waals surface area contributed by atoms with Gasteiger partial charge in [-0.2, -0.15) is 5.26 Å². The lowest BCUT2D eigenvalue weighted by molar-refractivity contribution is 0.00649. The Labute approximate surface area is 152 Å². The lowest BCUT2D eigenvalue weighted by Gasteiger charge is -2.37. The molecule has 138 valence electrons. The van der Waals surface area contributed by atoms with Crippen LogP contribution in [0.5, 0.6) is 0 Å². The number of rotatable bonds is 5. The van der Waals surface area contributed by atoms with Crippen LogP contribution < -0.4 is 5.32 Å². The Bertz CT molecular complexity index is 604. The fourth-order valence-corrected chi connectivity index (χ4v) is 2.37. The molecule has 0 heterocycles. The predicted molar refractivity (Wildman–Crippen MR) is 100 cm³/mol. The van der Waals surface area contributed by atoms with Crippen molar-refractivity contribution in [2.45, 2.75) is 65.6 Å². The Morgan fingerprint density at radius 3 is 2.20 bits per heavy atom. The van der Waals surface area contributed by atoms with Crippen molar-refractivity contribution in [2.24, 2.45) is 0 Å². The van der Waals surface area contributed by atoms with E-state index in [2.05, 4.69) is 18.3 Å². The fourth-order valence-electron chi connectivity index (χ4n) is 2.37. The quantitative estimate of drug-likeness (QED) is 0.866. The molecule has 0 spiro atoms. The topological polar surface area (TPSA) is 65.4 Å². The molecule has 5 nitrogen and oxygen atoms in total. The number of carbonyl (C=O) groups is 1. The zero-order valence-electron chi connectivity index (χ0n) is 16.5. The molecule has 1 aromatic rings. The van der Waals surface area contributed by atoms with E-state index >= 15 is 0 Å². The van der Waals surface area contributed by atoms with Gasteiger partial charge in [-0.05, 0) is 66.2 Å². The third-order valence-electron chi connectivity index (χ3n) is 3.75. The summed E-state index contributed by atoms with van der Waals surface area (Å²) < 4.78 is 5.52. The van der Waals surface area contributed by atoms with Gasteiger partial charge in [0.1, 0.15) is 5.60 Å². The van der Waals surface area contributed by atoms with Crippen molar-refractivity contribution in [1.82, 2.24) is 10.2 Å². The molecule has 0 bridgehead atoms. The zero-order chi connectivity index (χ0) is 19.3. The standard InChI is InChI=1S/C20H31N3O2/c1-15(17-10-8-16(14-21)9-11-17)22-12-13-23(19(2,3)4)18(24)25-20(5,6)7/h8-11,15,22H,12-13H2,1-7H3. The van der Waals surface area contributed by atoms with E-state index < -0.39 is 5.60 Å². The van der Waals surface area contributed by atoms with Gasteiger partial charge in [-0.25, -0.2) is 4.79 Å². The van der Waals surface area contributed by atoms with Gasteiger partial charge in [0.05, 0.1) is 11.6 Å². The van der Waals surface area contributed by atoms with Gasteiger partial charge in [-0.15, -0.1) is 0 Å². The second-order valence-corrected chi connectivity index (χ2v) is 8.21. The SMILES string of the molecule is CC(NCCN(C(=O)OC(C)(C)C)C(C)(C)C)c1ccc(C#N)cc1. The lowest BCUT2D eigenvalue weighted by Crippen LogP contribution is -2.50. The van der Waals surface area contributed by atoms with Crippen LogP contribution in [0.15, 0.2) is 24.3 Å². The fraction of sp³-hybridized carbons (Fsp3) is 0.600. The largest absolute Gasteiger partial charge is 0.444 e. The van der Waals surface area contributed by atoms with Crippen LogP contribution in [0.3, 0.4) is 0 Å². The number of hydrogen-bond donors (Lipinski definition) is 1. The van der Waals surface area contributed by atoms with Gasteiger partial charge in [-0.1, -0.05) is 12.1 Å². The van der Waals surface area contributed by atoms with E-state index in [-0.39, 0.29) is 17.7 Å². The molecule has 1 rings (SSSR count). The average Bonchev–Trinajstić information content (AvgIpc) is 2.48. The monoisotopic (exact) mass is 345 g/mol. The summed E-state index contributed by atoms with van der Waals surface area (Å²) >= 11 is 0. The summed E-state index contributed by atoms with van der Waals surface area (Å²) in [5.41, 5.74) is 0.934. The van der Waals surface area contributed by atoms with Gasteiger partial charge in [0.2, 0.25) is 0 Å². The highest BCUT2D eigenvalue weighted by Gasteiger charge is 2.30. The number of carbonyl (C=O) groups excluding carboxylic acids is 1. The van der Waals surface area contributed by atoms with Crippen molar-refractivity contribution in [3.63, 3.8) is 0 Å². The highest BCUT2D eigenvalue weighted by atomic mass is 16.6. The first-order chi connectivity index (χ1) is 11.4. The summed E-state index contributed by atoms with van der Waals surface area (Å²) in [4.78, 5) is 14.2. The molecule has 1 aromatic carbocycles. The molecule has 1 unspecified atom stereocenters. The molecule has 0 aliphatic rings. The van der Waals surface area contributed by atoms with Gasteiger partial charge in [0.15, 0.2) is 0 Å². The molecule has 0 aliphatic heterocycles. The highest BCUT2D eigenvalue weighted by molar-refractivity contribution is 5.69. The Hall–Kier alpha value is -2.06. The normalized spacial score (nSPS) is 13.0. The highest BCUT2D eigenvalue weighted by Crippen LogP contribution is 2.18. The Morgan fingerprint density at radius 1 is 1.20 bits per heavy atom. The maximum absolute atomic E-state index is 12.5. The molecular formula is C20H31N3O2. The first-order valence-corrected chi connectivity index (χ1v) is 8.68. The third-order valence-corrected chi connectivity index (χ3v) is 3.75. The Balaban J connectivity index is 2.64. The van der Waals surface area contributed by atoms with E-state index in [9.17, 15) is 4.79 Å². The third kappa shape index (κ3) is 7.15. The molecule has 25 heavy (non-hydrogen) atoms. The number of nitrogens with one attached hydrogen (secondary N) is 1. The van der Waals surface area contributed by atoms with Crippen LogP contribution >= 0.6 is 0 Å². The van der Waals surface area contributed by atoms with Crippen molar-refractivity contribution in [1.29, 1.82) is 5.26 Å². The second kappa shape index (κ2) is 8.35. The van der Waals surface area contributed by atoms with Crippen molar-refractivity contribution in [3.05, 3.63) is 35.4 Å². The first-order valence-electron chi connectivity index (χ1n) is 8.68. The molecule has 0 radical (unpaired) electrons. The molecular weight excluding hydrogens is 314 g/mol. The van der Waals surface area contributed by atoms with Crippen LogP contribution in [-0.4, -0.2) is 35.2 Å². The molecule has 0 saturated heterocycles. The van der Waals surface area contributed by atoms with E-state index in [0.29, 0.717) is 18.7 Å². The van der Waals surface area contributed by atoms with E-state index in [4.69, 9.17) is 10.00 Å². The number of hydrogen-bond acceptors (Lipinski definition) is 4. The minimum Gasteiger partial charge on any atom is -0.444 e. The smallest absolute Gasteiger partial charge is 0.410 e. The van der Waals surface area contributed by atoms with Crippen LogP contribution in [0.2, 0.25) is 0 Å². The summed E-state index contributed by atoms with van der Waals surface area (Å²) in [5, 5.41) is 12.3. The number of ether oxygens (including phenoxy) is 1. The summed E-state index contributed by atoms with van der Waals surface area (Å²) in [6.07, 6.45) is -0.298. The molecule has 1 amide bonds. The van der Waals surface area contributed by atoms with Crippen molar-refractivity contribution in [2.75, 3.05) is 13.1 Å².